The van der Waals surface area contributed by atoms with E-state index < -0.39 is 6.23 Å². The van der Waals surface area contributed by atoms with Gasteiger partial charge in [0.05, 0.1) is 30.7 Å². The molecule has 158 valence electrons. The van der Waals surface area contributed by atoms with Gasteiger partial charge in [0.1, 0.15) is 29.1 Å². The summed E-state index contributed by atoms with van der Waals surface area (Å²) in [5.41, 5.74) is 5.85. The lowest BCUT2D eigenvalue weighted by Crippen LogP contribution is -2.22. The summed E-state index contributed by atoms with van der Waals surface area (Å²) in [6.45, 7) is -0.0996. The van der Waals surface area contributed by atoms with Crippen molar-refractivity contribution < 1.29 is 14.9 Å². The van der Waals surface area contributed by atoms with E-state index in [-0.39, 0.29) is 12.3 Å². The second kappa shape index (κ2) is 8.45. The Balaban J connectivity index is 1.74. The van der Waals surface area contributed by atoms with Gasteiger partial charge in [-0.15, -0.1) is 0 Å². The molecule has 0 bridgehead atoms. The Morgan fingerprint density at radius 2 is 2.00 bits per heavy atom. The zero-order chi connectivity index (χ0) is 22.0. The summed E-state index contributed by atoms with van der Waals surface area (Å²) in [7, 11) is 3.25. The lowest BCUT2D eigenvalue weighted by atomic mass is 10.1. The van der Waals surface area contributed by atoms with Gasteiger partial charge in [0.15, 0.2) is 12.0 Å². The van der Waals surface area contributed by atoms with Crippen molar-refractivity contribution >= 4 is 28.8 Å². The lowest BCUT2D eigenvalue weighted by molar-refractivity contribution is 0.0524. The van der Waals surface area contributed by atoms with Gasteiger partial charge in [-0.2, -0.15) is 10.3 Å². The van der Waals surface area contributed by atoms with Gasteiger partial charge in [-0.25, -0.2) is 9.97 Å². The van der Waals surface area contributed by atoms with Crippen molar-refractivity contribution in [2.75, 3.05) is 30.2 Å². The molecule has 10 nitrogen and oxygen atoms in total. The van der Waals surface area contributed by atoms with Gasteiger partial charge < -0.3 is 31.0 Å². The average molecular weight is 419 g/mol. The van der Waals surface area contributed by atoms with E-state index in [9.17, 15) is 10.2 Å². The minimum Gasteiger partial charge on any atom is -0.495 e. The van der Waals surface area contributed by atoms with Crippen molar-refractivity contribution in [2.24, 2.45) is 0 Å². The fourth-order valence-electron chi connectivity index (χ4n) is 3.27. The van der Waals surface area contributed by atoms with Crippen LogP contribution in [-0.4, -0.2) is 39.3 Å². The predicted octanol–water partition coefficient (Wildman–Crippen LogP) is 2.60. The van der Waals surface area contributed by atoms with Crippen molar-refractivity contribution in [3.05, 3.63) is 59.3 Å². The summed E-state index contributed by atoms with van der Waals surface area (Å²) in [5, 5.41) is 37.0. The molecule has 0 radical (unpaired) electrons. The third-order valence-corrected chi connectivity index (χ3v) is 4.80. The van der Waals surface area contributed by atoms with Crippen LogP contribution >= 0.6 is 0 Å². The van der Waals surface area contributed by atoms with Gasteiger partial charge in [0, 0.05) is 13.1 Å². The zero-order valence-electron chi connectivity index (χ0n) is 16.9. The van der Waals surface area contributed by atoms with Gasteiger partial charge in [0.2, 0.25) is 0 Å². The maximum absolute atomic E-state index is 10.6. The number of ether oxygens (including phenoxy) is 1. The number of hydrogen-bond donors (Lipinski definition) is 5. The van der Waals surface area contributed by atoms with Crippen LogP contribution in [0.3, 0.4) is 0 Å². The first-order valence-electron chi connectivity index (χ1n) is 9.44. The predicted molar refractivity (Wildman–Crippen MR) is 115 cm³/mol. The molecular formula is C21H21N7O3. The van der Waals surface area contributed by atoms with Crippen molar-refractivity contribution in [3.8, 4) is 11.8 Å². The first-order chi connectivity index (χ1) is 15.0. The highest BCUT2D eigenvalue weighted by Gasteiger charge is 2.30. The molecule has 0 amide bonds. The van der Waals surface area contributed by atoms with E-state index >= 15 is 0 Å². The van der Waals surface area contributed by atoms with Crippen LogP contribution in [0.4, 0.5) is 28.8 Å². The second-order valence-electron chi connectivity index (χ2n) is 6.88. The largest absolute Gasteiger partial charge is 0.495 e. The Kier molecular flexibility index (Phi) is 5.55. The molecule has 1 atom stereocenters. The monoisotopic (exact) mass is 419 g/mol. The van der Waals surface area contributed by atoms with Gasteiger partial charge >= 0.3 is 0 Å². The van der Waals surface area contributed by atoms with Crippen LogP contribution in [0, 0.1) is 11.3 Å². The number of aliphatic hydroxyl groups is 2. The number of nitrogens with zero attached hydrogens (tertiary/aromatic N) is 4. The van der Waals surface area contributed by atoms with E-state index in [1.807, 2.05) is 6.07 Å². The summed E-state index contributed by atoms with van der Waals surface area (Å²) < 4.78 is 5.44. The maximum atomic E-state index is 10.6. The van der Waals surface area contributed by atoms with Crippen molar-refractivity contribution in [1.29, 1.82) is 5.26 Å². The minimum absolute atomic E-state index is 0.0996. The standard InChI is InChI=1S/C21H21N7O3/c1-28-21(30)19-15(24-14-7-6-12(11-29)8-16(14)31-2)9-18(26-20(19)27-28)25-17-5-3-4-13(10-22)23-17/h3-9,21,29-30H,11H2,1-2H3,(H3,23,24,25,26,27). The number of hydrazine groups is 1. The molecule has 5 N–H and O–H groups in total. The van der Waals surface area contributed by atoms with Crippen molar-refractivity contribution in [3.63, 3.8) is 0 Å². The number of hydrogen-bond acceptors (Lipinski definition) is 10. The van der Waals surface area contributed by atoms with Crippen molar-refractivity contribution in [2.45, 2.75) is 12.8 Å². The first-order valence-corrected chi connectivity index (χ1v) is 9.44. The number of aliphatic hydroxyl groups excluding tert-OH is 2. The minimum atomic E-state index is -0.915. The lowest BCUT2D eigenvalue weighted by Gasteiger charge is -2.18. The van der Waals surface area contributed by atoms with E-state index in [1.165, 1.54) is 5.01 Å². The molecule has 31 heavy (non-hydrogen) atoms. The van der Waals surface area contributed by atoms with Crippen LogP contribution in [0.15, 0.2) is 42.5 Å². The zero-order valence-corrected chi connectivity index (χ0v) is 16.9. The molecule has 0 aliphatic carbocycles. The van der Waals surface area contributed by atoms with Gasteiger partial charge in [-0.1, -0.05) is 12.1 Å². The van der Waals surface area contributed by atoms with E-state index in [1.54, 1.807) is 56.6 Å². The quantitative estimate of drug-likeness (QED) is 0.405. The third kappa shape index (κ3) is 4.06. The number of fused-ring (bicyclic) bond motifs is 1. The van der Waals surface area contributed by atoms with Crippen LogP contribution in [-0.2, 0) is 6.61 Å². The normalized spacial score (nSPS) is 15.0. The summed E-state index contributed by atoms with van der Waals surface area (Å²) >= 11 is 0. The molecule has 3 aromatic rings. The Bertz CT molecular complexity index is 1160. The molecule has 1 aromatic carbocycles. The smallest absolute Gasteiger partial charge is 0.155 e. The van der Waals surface area contributed by atoms with E-state index in [2.05, 4.69) is 26.0 Å². The van der Waals surface area contributed by atoms with Gasteiger partial charge in [-0.05, 0) is 29.8 Å². The molecule has 0 saturated carbocycles. The summed E-state index contributed by atoms with van der Waals surface area (Å²) in [6.07, 6.45) is -0.915. The maximum Gasteiger partial charge on any atom is 0.155 e. The highest BCUT2D eigenvalue weighted by Crippen LogP contribution is 2.41. The number of anilines is 5. The van der Waals surface area contributed by atoms with Crippen LogP contribution in [0.1, 0.15) is 23.0 Å². The summed E-state index contributed by atoms with van der Waals surface area (Å²) in [5.74, 6) is 1.95. The molecule has 1 aliphatic rings. The fraction of sp³-hybridized carbons (Fsp3) is 0.190. The molecule has 0 saturated heterocycles. The third-order valence-electron chi connectivity index (χ3n) is 4.80. The molecule has 3 heterocycles. The van der Waals surface area contributed by atoms with E-state index in [0.717, 1.165) is 5.56 Å². The number of rotatable bonds is 6. The molecule has 1 unspecified atom stereocenters. The number of nitriles is 1. The Labute approximate surface area is 178 Å². The average Bonchev–Trinajstić information content (AvgIpc) is 3.07. The number of nitrogens with one attached hydrogen (secondary N) is 3. The highest BCUT2D eigenvalue weighted by atomic mass is 16.5. The SMILES string of the molecule is COc1cc(CO)ccc1Nc1cc(Nc2cccc(C#N)n2)nc2c1C(O)N(C)N2. The number of benzene rings is 1. The number of methoxy groups -OCH3 is 1. The molecule has 0 fully saturated rings. The van der Waals surface area contributed by atoms with Gasteiger partial charge in [-0.3, -0.25) is 0 Å². The van der Waals surface area contributed by atoms with Crippen LogP contribution in [0.25, 0.3) is 0 Å². The number of aromatic nitrogens is 2. The molecular weight excluding hydrogens is 398 g/mol. The Morgan fingerprint density at radius 1 is 1.16 bits per heavy atom. The number of pyridine rings is 2. The topological polar surface area (TPSA) is 139 Å². The first kappa shape index (κ1) is 20.4. The molecule has 10 heteroatoms. The fourth-order valence-corrected chi connectivity index (χ4v) is 3.27. The summed E-state index contributed by atoms with van der Waals surface area (Å²) in [6, 6.07) is 14.1. The van der Waals surface area contributed by atoms with E-state index in [0.29, 0.717) is 40.1 Å². The Hall–Kier alpha value is -3.91. The molecule has 1 aliphatic heterocycles. The van der Waals surface area contributed by atoms with Crippen LogP contribution in [0.2, 0.25) is 0 Å². The van der Waals surface area contributed by atoms with Crippen LogP contribution < -0.4 is 20.8 Å². The molecule has 2 aromatic heterocycles. The van der Waals surface area contributed by atoms with Gasteiger partial charge in [0.25, 0.3) is 0 Å². The molecule has 0 spiro atoms. The van der Waals surface area contributed by atoms with E-state index in [4.69, 9.17) is 10.00 Å². The summed E-state index contributed by atoms with van der Waals surface area (Å²) in [4.78, 5) is 8.74. The van der Waals surface area contributed by atoms with Crippen LogP contribution in [0.5, 0.6) is 5.75 Å². The Morgan fingerprint density at radius 3 is 2.74 bits per heavy atom. The van der Waals surface area contributed by atoms with Crippen molar-refractivity contribution in [1.82, 2.24) is 15.0 Å². The second-order valence-corrected chi connectivity index (χ2v) is 6.88. The molecule has 4 rings (SSSR count). The highest BCUT2D eigenvalue weighted by molar-refractivity contribution is 5.77.